The van der Waals surface area contributed by atoms with Gasteiger partial charge in [0.05, 0.1) is 26.9 Å². The molecule has 1 amide bonds. The Labute approximate surface area is 159 Å². The number of carbonyl (C=O) groups excluding carboxylic acids is 1. The Bertz CT molecular complexity index is 644. The molecule has 3 fully saturated rings. The molecule has 0 aromatic carbocycles. The van der Waals surface area contributed by atoms with E-state index in [-0.39, 0.29) is 24.3 Å². The van der Waals surface area contributed by atoms with Crippen LogP contribution in [0.4, 0.5) is 0 Å². The highest BCUT2D eigenvalue weighted by molar-refractivity contribution is 5.78. The van der Waals surface area contributed by atoms with Crippen LogP contribution in [0.25, 0.3) is 0 Å². The van der Waals surface area contributed by atoms with Gasteiger partial charge < -0.3 is 23.8 Å². The number of aromatic nitrogens is 1. The number of likely N-dealkylation sites (tertiary alicyclic amines) is 1. The van der Waals surface area contributed by atoms with Gasteiger partial charge in [0.1, 0.15) is 6.61 Å². The second-order valence-corrected chi connectivity index (χ2v) is 7.61. The van der Waals surface area contributed by atoms with Crippen molar-refractivity contribution in [2.24, 2.45) is 5.92 Å². The zero-order valence-corrected chi connectivity index (χ0v) is 15.9. The van der Waals surface area contributed by atoms with Gasteiger partial charge in [-0.1, -0.05) is 0 Å². The number of fused-ring (bicyclic) bond motifs is 1. The SMILES string of the molecule is COc1ccc(COCC(=O)N2CCC[C@@H]3CC4(CC[C@@H]32)OCCO4)cn1. The van der Waals surface area contributed by atoms with Gasteiger partial charge in [0.25, 0.3) is 0 Å². The molecule has 1 aromatic heterocycles. The maximum Gasteiger partial charge on any atom is 0.248 e. The van der Waals surface area contributed by atoms with Crippen molar-refractivity contribution >= 4 is 5.91 Å². The predicted octanol–water partition coefficient (Wildman–Crippen LogP) is 2.14. The summed E-state index contributed by atoms with van der Waals surface area (Å²) in [5.74, 6) is 0.723. The van der Waals surface area contributed by atoms with Crippen LogP contribution in [0, 0.1) is 5.92 Å². The van der Waals surface area contributed by atoms with Gasteiger partial charge in [-0.2, -0.15) is 0 Å². The number of ether oxygens (including phenoxy) is 4. The molecule has 0 radical (unpaired) electrons. The molecular weight excluding hydrogens is 348 g/mol. The second-order valence-electron chi connectivity index (χ2n) is 7.61. The summed E-state index contributed by atoms with van der Waals surface area (Å²) < 4.78 is 22.5. The number of carbonyl (C=O) groups is 1. The fourth-order valence-electron chi connectivity index (χ4n) is 4.66. The summed E-state index contributed by atoms with van der Waals surface area (Å²) in [6, 6.07) is 3.98. The summed E-state index contributed by atoms with van der Waals surface area (Å²) in [6.07, 6.45) is 6.60. The third kappa shape index (κ3) is 4.10. The highest BCUT2D eigenvalue weighted by Crippen LogP contribution is 2.44. The standard InChI is InChI=1S/C20H28N2O5/c1-24-18-5-4-15(12-21-18)13-25-14-19(23)22-8-2-3-16-11-20(7-6-17(16)22)26-9-10-27-20/h4-5,12,16-17H,2-3,6-11,13-14H2,1H3/t16-,17+/m1/s1. The number of amides is 1. The molecule has 27 heavy (non-hydrogen) atoms. The van der Waals surface area contributed by atoms with Crippen molar-refractivity contribution < 1.29 is 23.7 Å². The van der Waals surface area contributed by atoms with E-state index in [0.717, 1.165) is 44.2 Å². The molecule has 2 atom stereocenters. The highest BCUT2D eigenvalue weighted by Gasteiger charge is 2.48. The lowest BCUT2D eigenvalue weighted by Gasteiger charge is -2.48. The zero-order chi connectivity index (χ0) is 18.7. The summed E-state index contributed by atoms with van der Waals surface area (Å²) in [5.41, 5.74) is 0.926. The van der Waals surface area contributed by atoms with E-state index < -0.39 is 0 Å². The van der Waals surface area contributed by atoms with Crippen LogP contribution in [0.1, 0.15) is 37.7 Å². The zero-order valence-electron chi connectivity index (χ0n) is 15.9. The molecule has 2 aliphatic heterocycles. The van der Waals surface area contributed by atoms with E-state index in [0.29, 0.717) is 31.6 Å². The Morgan fingerprint density at radius 1 is 1.33 bits per heavy atom. The van der Waals surface area contributed by atoms with Crippen LogP contribution in [0.5, 0.6) is 5.88 Å². The van der Waals surface area contributed by atoms with Crippen molar-refractivity contribution in [1.82, 2.24) is 9.88 Å². The van der Waals surface area contributed by atoms with Crippen LogP contribution in [0.15, 0.2) is 18.3 Å². The van der Waals surface area contributed by atoms with Crippen LogP contribution < -0.4 is 4.74 Å². The van der Waals surface area contributed by atoms with Crippen molar-refractivity contribution in [3.63, 3.8) is 0 Å². The molecule has 0 unspecified atom stereocenters. The molecular formula is C20H28N2O5. The molecule has 4 rings (SSSR count). The average molecular weight is 376 g/mol. The summed E-state index contributed by atoms with van der Waals surface area (Å²) in [5, 5.41) is 0. The van der Waals surface area contributed by atoms with Gasteiger partial charge in [-0.05, 0) is 36.8 Å². The maximum absolute atomic E-state index is 12.8. The Kier molecular flexibility index (Phi) is 5.61. The van der Waals surface area contributed by atoms with Crippen molar-refractivity contribution in [3.8, 4) is 5.88 Å². The van der Waals surface area contributed by atoms with Gasteiger partial charge in [-0.3, -0.25) is 4.79 Å². The quantitative estimate of drug-likeness (QED) is 0.784. The minimum absolute atomic E-state index is 0.0791. The minimum atomic E-state index is -0.384. The van der Waals surface area contributed by atoms with Gasteiger partial charge in [-0.25, -0.2) is 4.98 Å². The first-order valence-corrected chi connectivity index (χ1v) is 9.83. The van der Waals surface area contributed by atoms with E-state index >= 15 is 0 Å². The van der Waals surface area contributed by atoms with Crippen molar-refractivity contribution in [2.75, 3.05) is 33.5 Å². The normalized spacial score (nSPS) is 26.8. The van der Waals surface area contributed by atoms with E-state index in [1.165, 1.54) is 0 Å². The third-order valence-corrected chi connectivity index (χ3v) is 5.95. The summed E-state index contributed by atoms with van der Waals surface area (Å²) in [7, 11) is 1.58. The maximum atomic E-state index is 12.8. The van der Waals surface area contributed by atoms with Crippen LogP contribution in [-0.2, 0) is 25.6 Å². The molecule has 1 saturated carbocycles. The number of hydrogen-bond donors (Lipinski definition) is 0. The Hall–Kier alpha value is -1.70. The van der Waals surface area contributed by atoms with E-state index in [1.54, 1.807) is 19.4 Å². The summed E-state index contributed by atoms with van der Waals surface area (Å²) >= 11 is 0. The fourth-order valence-corrected chi connectivity index (χ4v) is 4.66. The lowest BCUT2D eigenvalue weighted by atomic mass is 9.75. The number of rotatable bonds is 5. The Morgan fingerprint density at radius 3 is 2.93 bits per heavy atom. The fraction of sp³-hybridized carbons (Fsp3) is 0.700. The van der Waals surface area contributed by atoms with E-state index in [9.17, 15) is 4.79 Å². The summed E-state index contributed by atoms with van der Waals surface area (Å²) in [4.78, 5) is 18.9. The topological polar surface area (TPSA) is 70.1 Å². The molecule has 7 nitrogen and oxygen atoms in total. The smallest absolute Gasteiger partial charge is 0.248 e. The van der Waals surface area contributed by atoms with Crippen molar-refractivity contribution in [2.45, 2.75) is 50.5 Å². The van der Waals surface area contributed by atoms with E-state index in [1.807, 2.05) is 11.0 Å². The van der Waals surface area contributed by atoms with Gasteiger partial charge in [-0.15, -0.1) is 0 Å². The first-order chi connectivity index (χ1) is 13.2. The third-order valence-electron chi connectivity index (χ3n) is 5.95. The molecule has 1 aromatic rings. The molecule has 0 N–H and O–H groups in total. The molecule has 0 bridgehead atoms. The van der Waals surface area contributed by atoms with Crippen LogP contribution >= 0.6 is 0 Å². The molecule has 1 aliphatic carbocycles. The molecule has 148 valence electrons. The van der Waals surface area contributed by atoms with Gasteiger partial charge >= 0.3 is 0 Å². The lowest BCUT2D eigenvalue weighted by Crippen LogP contribution is -2.55. The number of pyridine rings is 1. The number of nitrogens with zero attached hydrogens (tertiary/aromatic N) is 2. The van der Waals surface area contributed by atoms with E-state index in [4.69, 9.17) is 18.9 Å². The van der Waals surface area contributed by atoms with Crippen molar-refractivity contribution in [3.05, 3.63) is 23.9 Å². The van der Waals surface area contributed by atoms with Gasteiger partial charge in [0, 0.05) is 37.7 Å². The van der Waals surface area contributed by atoms with Crippen molar-refractivity contribution in [1.29, 1.82) is 0 Å². The predicted molar refractivity (Wildman–Crippen MR) is 97.2 cm³/mol. The highest BCUT2D eigenvalue weighted by atomic mass is 16.7. The summed E-state index contributed by atoms with van der Waals surface area (Å²) in [6.45, 7) is 2.67. The monoisotopic (exact) mass is 376 g/mol. The van der Waals surface area contributed by atoms with E-state index in [2.05, 4.69) is 4.98 Å². The molecule has 2 saturated heterocycles. The number of hydrogen-bond acceptors (Lipinski definition) is 6. The van der Waals surface area contributed by atoms with Crippen LogP contribution in [0.3, 0.4) is 0 Å². The second kappa shape index (κ2) is 8.12. The number of methoxy groups -OCH3 is 1. The Morgan fingerprint density at radius 2 is 2.19 bits per heavy atom. The van der Waals surface area contributed by atoms with Crippen LogP contribution in [0.2, 0.25) is 0 Å². The molecule has 7 heteroatoms. The van der Waals surface area contributed by atoms with Crippen LogP contribution in [-0.4, -0.2) is 61.1 Å². The first-order valence-electron chi connectivity index (χ1n) is 9.83. The molecule has 3 heterocycles. The molecule has 3 aliphatic rings. The first kappa shape index (κ1) is 18.7. The van der Waals surface area contributed by atoms with Gasteiger partial charge in [0.2, 0.25) is 11.8 Å². The molecule has 1 spiro atoms. The Balaban J connectivity index is 1.29. The lowest BCUT2D eigenvalue weighted by molar-refractivity contribution is -0.202. The largest absolute Gasteiger partial charge is 0.481 e. The van der Waals surface area contributed by atoms with Gasteiger partial charge in [0.15, 0.2) is 5.79 Å². The average Bonchev–Trinajstić information content (AvgIpc) is 3.15. The number of piperidine rings is 1. The minimum Gasteiger partial charge on any atom is -0.481 e.